The molecule has 260 valence electrons. The summed E-state index contributed by atoms with van der Waals surface area (Å²) < 4.78 is 5.01. The topological polar surface area (TPSA) is 9.86 Å². The van der Waals surface area contributed by atoms with Crippen LogP contribution in [0, 0.1) is 0 Å². The van der Waals surface area contributed by atoms with Gasteiger partial charge in [0.1, 0.15) is 0 Å². The molecule has 12 rings (SSSR count). The average molecular weight is 711 g/mol. The molecule has 2 heteroatoms. The van der Waals surface area contributed by atoms with Crippen LogP contribution in [0.4, 0.5) is 0 Å². The zero-order valence-corrected chi connectivity index (χ0v) is 30.5. The van der Waals surface area contributed by atoms with Gasteiger partial charge in [-0.3, -0.25) is 0 Å². The standard InChI is InChI=1S/C54H34N2/c1-3-15-37-29-41(27-25-35(37)13-1)55-51(49-31-39-17-5-7-19-43(39)45-21-9-11-23-47(45)49)33-54-53(55)34-52(56(54)42-28-26-36-14-2-4-16-38(36)30-42)50-32-40-18-6-8-20-44(40)46-22-10-12-24-48(46)50/h1-34H. The molecule has 0 aliphatic rings. The second kappa shape index (κ2) is 12.0. The summed E-state index contributed by atoms with van der Waals surface area (Å²) in [5.41, 5.74) is 9.35. The molecule has 0 amide bonds. The molecule has 2 aromatic heterocycles. The summed E-state index contributed by atoms with van der Waals surface area (Å²) >= 11 is 0. The predicted octanol–water partition coefficient (Wildman–Crippen LogP) is 14.7. The fourth-order valence-corrected chi connectivity index (χ4v) is 9.27. The minimum atomic E-state index is 1.14. The Labute approximate surface area is 323 Å². The summed E-state index contributed by atoms with van der Waals surface area (Å²) in [6.07, 6.45) is 0. The van der Waals surface area contributed by atoms with Crippen molar-refractivity contribution in [2.45, 2.75) is 0 Å². The molecule has 0 radical (unpaired) electrons. The third kappa shape index (κ3) is 4.63. The highest BCUT2D eigenvalue weighted by Gasteiger charge is 2.24. The molecule has 0 saturated heterocycles. The zero-order valence-electron chi connectivity index (χ0n) is 30.5. The van der Waals surface area contributed by atoms with Gasteiger partial charge in [-0.15, -0.1) is 0 Å². The van der Waals surface area contributed by atoms with Gasteiger partial charge in [-0.25, -0.2) is 0 Å². The molecule has 0 saturated carbocycles. The van der Waals surface area contributed by atoms with E-state index in [-0.39, 0.29) is 0 Å². The second-order valence-electron chi connectivity index (χ2n) is 14.9. The summed E-state index contributed by atoms with van der Waals surface area (Å²) in [6, 6.07) is 76.1. The van der Waals surface area contributed by atoms with E-state index in [1.807, 2.05) is 0 Å². The maximum absolute atomic E-state index is 2.50. The van der Waals surface area contributed by atoms with Crippen molar-refractivity contribution < 1.29 is 0 Å². The highest BCUT2D eigenvalue weighted by atomic mass is 15.1. The van der Waals surface area contributed by atoms with Gasteiger partial charge in [-0.1, -0.05) is 158 Å². The van der Waals surface area contributed by atoms with Crippen molar-refractivity contribution in [3.63, 3.8) is 0 Å². The van der Waals surface area contributed by atoms with Gasteiger partial charge in [0, 0.05) is 22.5 Å². The van der Waals surface area contributed by atoms with Crippen molar-refractivity contribution in [3.05, 3.63) is 206 Å². The van der Waals surface area contributed by atoms with Gasteiger partial charge in [0.25, 0.3) is 0 Å². The minimum absolute atomic E-state index is 1.14. The first-order valence-electron chi connectivity index (χ1n) is 19.3. The van der Waals surface area contributed by atoms with E-state index in [0.717, 1.165) is 33.8 Å². The molecular weight excluding hydrogens is 677 g/mol. The Morgan fingerprint density at radius 3 is 1.00 bits per heavy atom. The van der Waals surface area contributed by atoms with E-state index in [0.29, 0.717) is 0 Å². The highest BCUT2D eigenvalue weighted by Crippen LogP contribution is 2.44. The number of nitrogens with zero attached hydrogens (tertiary/aromatic N) is 2. The molecule has 0 atom stereocenters. The molecule has 0 aliphatic carbocycles. The molecule has 0 spiro atoms. The fourth-order valence-electron chi connectivity index (χ4n) is 9.27. The van der Waals surface area contributed by atoms with Crippen LogP contribution in [0.25, 0.3) is 110 Å². The fraction of sp³-hybridized carbons (Fsp3) is 0. The van der Waals surface area contributed by atoms with E-state index in [1.54, 1.807) is 0 Å². The minimum Gasteiger partial charge on any atom is -0.308 e. The van der Waals surface area contributed by atoms with E-state index in [2.05, 4.69) is 215 Å². The van der Waals surface area contributed by atoms with Crippen molar-refractivity contribution >= 4 is 75.7 Å². The number of fused-ring (bicyclic) bond motifs is 9. The largest absolute Gasteiger partial charge is 0.308 e. The molecular formula is C54H34N2. The Kier molecular flexibility index (Phi) is 6.66. The SMILES string of the molecule is c1ccc2cc(-n3c(-c4cc5ccccc5c5ccccc45)cc4c3cc(-c3cc5ccccc5c5ccccc35)n4-c3ccc4ccccc4c3)ccc2c1. The summed E-state index contributed by atoms with van der Waals surface area (Å²) in [4.78, 5) is 0. The third-order valence-electron chi connectivity index (χ3n) is 11.8. The van der Waals surface area contributed by atoms with Crippen LogP contribution in [0.2, 0.25) is 0 Å². The molecule has 12 aromatic rings. The lowest BCUT2D eigenvalue weighted by Crippen LogP contribution is -1.98. The predicted molar refractivity (Wildman–Crippen MR) is 239 cm³/mol. The molecule has 0 unspecified atom stereocenters. The van der Waals surface area contributed by atoms with E-state index in [1.165, 1.54) is 75.8 Å². The van der Waals surface area contributed by atoms with Crippen LogP contribution in [-0.4, -0.2) is 9.13 Å². The van der Waals surface area contributed by atoms with Crippen LogP contribution in [0.5, 0.6) is 0 Å². The van der Waals surface area contributed by atoms with Crippen molar-refractivity contribution in [2.75, 3.05) is 0 Å². The van der Waals surface area contributed by atoms with Crippen LogP contribution >= 0.6 is 0 Å². The van der Waals surface area contributed by atoms with Crippen LogP contribution in [0.15, 0.2) is 206 Å². The van der Waals surface area contributed by atoms with Crippen molar-refractivity contribution in [2.24, 2.45) is 0 Å². The van der Waals surface area contributed by atoms with Gasteiger partial charge in [0.15, 0.2) is 0 Å². The summed E-state index contributed by atoms with van der Waals surface area (Å²) in [5, 5.41) is 14.9. The lowest BCUT2D eigenvalue weighted by atomic mass is 9.95. The first-order valence-corrected chi connectivity index (χ1v) is 19.3. The molecule has 0 N–H and O–H groups in total. The Morgan fingerprint density at radius 2 is 0.571 bits per heavy atom. The van der Waals surface area contributed by atoms with Crippen molar-refractivity contribution in [1.82, 2.24) is 9.13 Å². The molecule has 2 nitrogen and oxygen atoms in total. The van der Waals surface area contributed by atoms with Gasteiger partial charge < -0.3 is 9.13 Å². The Morgan fingerprint density at radius 1 is 0.232 bits per heavy atom. The van der Waals surface area contributed by atoms with Crippen LogP contribution in [-0.2, 0) is 0 Å². The summed E-state index contributed by atoms with van der Waals surface area (Å²) in [5.74, 6) is 0. The van der Waals surface area contributed by atoms with E-state index in [9.17, 15) is 0 Å². The van der Waals surface area contributed by atoms with Gasteiger partial charge in [0.05, 0.1) is 22.4 Å². The number of hydrogen-bond acceptors (Lipinski definition) is 0. The zero-order chi connectivity index (χ0) is 36.7. The lowest BCUT2D eigenvalue weighted by Gasteiger charge is -2.16. The third-order valence-corrected chi connectivity index (χ3v) is 11.8. The normalized spacial score (nSPS) is 11.9. The number of hydrogen-bond donors (Lipinski definition) is 0. The van der Waals surface area contributed by atoms with Gasteiger partial charge in [-0.2, -0.15) is 0 Å². The Balaban J connectivity index is 1.25. The van der Waals surface area contributed by atoms with Gasteiger partial charge >= 0.3 is 0 Å². The van der Waals surface area contributed by atoms with E-state index >= 15 is 0 Å². The van der Waals surface area contributed by atoms with Crippen molar-refractivity contribution in [1.29, 1.82) is 0 Å². The average Bonchev–Trinajstić information content (AvgIpc) is 3.82. The van der Waals surface area contributed by atoms with Crippen molar-refractivity contribution in [3.8, 4) is 33.9 Å². The number of aromatic nitrogens is 2. The van der Waals surface area contributed by atoms with Gasteiger partial charge in [0.2, 0.25) is 0 Å². The van der Waals surface area contributed by atoms with E-state index < -0.39 is 0 Å². The monoisotopic (exact) mass is 710 g/mol. The van der Waals surface area contributed by atoms with Crippen LogP contribution in [0.3, 0.4) is 0 Å². The Hall–Kier alpha value is -7.42. The molecule has 10 aromatic carbocycles. The Bertz CT molecular complexity index is 3310. The van der Waals surface area contributed by atoms with Crippen LogP contribution in [0.1, 0.15) is 0 Å². The smallest absolute Gasteiger partial charge is 0.0724 e. The summed E-state index contributed by atoms with van der Waals surface area (Å²) in [6.45, 7) is 0. The highest BCUT2D eigenvalue weighted by molar-refractivity contribution is 6.16. The first kappa shape index (κ1) is 31.0. The molecule has 0 aliphatic heterocycles. The lowest BCUT2D eigenvalue weighted by molar-refractivity contribution is 1.14. The first-order chi connectivity index (χ1) is 27.8. The molecule has 56 heavy (non-hydrogen) atoms. The quantitative estimate of drug-likeness (QED) is 0.161. The number of benzene rings is 10. The maximum Gasteiger partial charge on any atom is 0.0724 e. The maximum atomic E-state index is 2.50. The number of rotatable bonds is 4. The molecule has 2 heterocycles. The van der Waals surface area contributed by atoms with Gasteiger partial charge in [-0.05, 0) is 113 Å². The molecule has 0 bridgehead atoms. The second-order valence-corrected chi connectivity index (χ2v) is 14.9. The summed E-state index contributed by atoms with van der Waals surface area (Å²) in [7, 11) is 0. The van der Waals surface area contributed by atoms with E-state index in [4.69, 9.17) is 0 Å². The van der Waals surface area contributed by atoms with Crippen LogP contribution < -0.4 is 0 Å². The molecule has 0 fully saturated rings.